The second kappa shape index (κ2) is 6.37. The van der Waals surface area contributed by atoms with Gasteiger partial charge in [0.15, 0.2) is 0 Å². The molecule has 2 rings (SSSR count). The number of allylic oxidation sites excluding steroid dienone is 1. The van der Waals surface area contributed by atoms with Gasteiger partial charge in [0.1, 0.15) is 0 Å². The van der Waals surface area contributed by atoms with Gasteiger partial charge in [-0.3, -0.25) is 4.79 Å². The Balaban J connectivity index is 2.13. The second-order valence-corrected chi connectivity index (χ2v) is 4.18. The summed E-state index contributed by atoms with van der Waals surface area (Å²) in [5.74, 6) is 5.39. The molecule has 0 atom stereocenters. The van der Waals surface area contributed by atoms with Crippen LogP contribution in [0.4, 0.5) is 0 Å². The summed E-state index contributed by atoms with van der Waals surface area (Å²) >= 11 is 0. The number of Topliss-reactive ketones (excluding diaryl/α,β-unsaturated/α-hetero) is 1. The summed E-state index contributed by atoms with van der Waals surface area (Å²) in [6.07, 6.45) is 1.85. The van der Waals surface area contributed by atoms with Crippen molar-refractivity contribution in [3.8, 4) is 11.8 Å². The van der Waals surface area contributed by atoms with Crippen LogP contribution in [-0.4, -0.2) is 5.78 Å². The Morgan fingerprint density at radius 1 is 0.947 bits per heavy atom. The largest absolute Gasteiger partial charge is 0.280 e. The summed E-state index contributed by atoms with van der Waals surface area (Å²) in [7, 11) is 0. The molecule has 2 aromatic rings. The van der Waals surface area contributed by atoms with E-state index in [2.05, 4.69) is 11.8 Å². The lowest BCUT2D eigenvalue weighted by molar-refractivity contribution is -0.110. The highest BCUT2D eigenvalue weighted by molar-refractivity contribution is 6.11. The summed E-state index contributed by atoms with van der Waals surface area (Å²) in [5, 5.41) is 0. The molecule has 92 valence electrons. The van der Waals surface area contributed by atoms with E-state index in [1.807, 2.05) is 66.7 Å². The van der Waals surface area contributed by atoms with Gasteiger partial charge in [-0.05, 0) is 36.6 Å². The zero-order valence-electron chi connectivity index (χ0n) is 10.8. The first-order valence-electron chi connectivity index (χ1n) is 6.10. The van der Waals surface area contributed by atoms with Crippen LogP contribution in [0.5, 0.6) is 0 Å². The maximum Gasteiger partial charge on any atom is 0.231 e. The Bertz CT molecular complexity index is 640. The summed E-state index contributed by atoms with van der Waals surface area (Å²) in [6, 6.07) is 19.3. The first-order valence-corrected chi connectivity index (χ1v) is 6.10. The van der Waals surface area contributed by atoms with Crippen LogP contribution in [0.15, 0.2) is 66.2 Å². The van der Waals surface area contributed by atoms with Gasteiger partial charge in [0, 0.05) is 11.1 Å². The fraction of sp³-hybridized carbons (Fsp3) is 0.0556. The van der Waals surface area contributed by atoms with Crippen LogP contribution < -0.4 is 0 Å². The van der Waals surface area contributed by atoms with Crippen molar-refractivity contribution in [2.45, 2.75) is 6.92 Å². The molecule has 19 heavy (non-hydrogen) atoms. The Morgan fingerprint density at radius 2 is 1.53 bits per heavy atom. The molecule has 0 aliphatic rings. The normalized spacial score (nSPS) is 10.5. The van der Waals surface area contributed by atoms with Crippen LogP contribution in [0, 0.1) is 11.8 Å². The van der Waals surface area contributed by atoms with Crippen LogP contribution in [0.3, 0.4) is 0 Å². The van der Waals surface area contributed by atoms with Crippen molar-refractivity contribution in [3.05, 3.63) is 77.4 Å². The molecular formula is C18H14O. The number of carbonyl (C=O) groups excluding carboxylic acids is 1. The molecule has 2 aromatic carbocycles. The van der Waals surface area contributed by atoms with Crippen LogP contribution in [0.2, 0.25) is 0 Å². The van der Waals surface area contributed by atoms with Crippen LogP contribution in [0.1, 0.15) is 18.1 Å². The maximum absolute atomic E-state index is 11.9. The molecule has 0 heterocycles. The van der Waals surface area contributed by atoms with Crippen molar-refractivity contribution in [1.29, 1.82) is 0 Å². The maximum atomic E-state index is 11.9. The molecule has 0 aliphatic heterocycles. The molecule has 0 radical (unpaired) electrons. The van der Waals surface area contributed by atoms with Crippen molar-refractivity contribution in [2.24, 2.45) is 0 Å². The topological polar surface area (TPSA) is 17.1 Å². The molecular weight excluding hydrogens is 232 g/mol. The highest BCUT2D eigenvalue weighted by atomic mass is 16.1. The van der Waals surface area contributed by atoms with Gasteiger partial charge in [-0.15, -0.1) is 0 Å². The minimum atomic E-state index is -0.146. The molecule has 1 nitrogen and oxygen atoms in total. The highest BCUT2D eigenvalue weighted by Gasteiger charge is 1.99. The smallest absolute Gasteiger partial charge is 0.231 e. The lowest BCUT2D eigenvalue weighted by Crippen LogP contribution is -1.94. The Labute approximate surface area is 113 Å². The molecule has 0 unspecified atom stereocenters. The number of benzene rings is 2. The van der Waals surface area contributed by atoms with Gasteiger partial charge in [-0.25, -0.2) is 0 Å². The zero-order chi connectivity index (χ0) is 13.5. The fourth-order valence-corrected chi connectivity index (χ4v) is 1.61. The number of hydrogen-bond acceptors (Lipinski definition) is 1. The van der Waals surface area contributed by atoms with E-state index >= 15 is 0 Å². The zero-order valence-corrected chi connectivity index (χ0v) is 10.8. The summed E-state index contributed by atoms with van der Waals surface area (Å²) in [4.78, 5) is 11.9. The third-order valence-corrected chi connectivity index (χ3v) is 2.64. The molecule has 0 aliphatic carbocycles. The molecule has 0 aromatic heterocycles. The molecule has 0 amide bonds. The lowest BCUT2D eigenvalue weighted by atomic mass is 10.1. The number of rotatable bonds is 2. The van der Waals surface area contributed by atoms with Gasteiger partial charge in [-0.1, -0.05) is 54.5 Å². The van der Waals surface area contributed by atoms with E-state index < -0.39 is 0 Å². The molecule has 0 saturated carbocycles. The predicted molar refractivity (Wildman–Crippen MR) is 78.4 cm³/mol. The Kier molecular flexibility index (Phi) is 4.31. The molecule has 0 bridgehead atoms. The predicted octanol–water partition coefficient (Wildman–Crippen LogP) is 3.71. The van der Waals surface area contributed by atoms with Crippen molar-refractivity contribution in [1.82, 2.24) is 0 Å². The quantitative estimate of drug-likeness (QED) is 0.583. The third-order valence-electron chi connectivity index (χ3n) is 2.64. The molecule has 1 heteroatoms. The first-order chi connectivity index (χ1) is 9.25. The third kappa shape index (κ3) is 3.97. The number of hydrogen-bond donors (Lipinski definition) is 0. The van der Waals surface area contributed by atoms with E-state index in [4.69, 9.17) is 0 Å². The van der Waals surface area contributed by atoms with E-state index in [-0.39, 0.29) is 5.78 Å². The number of carbonyl (C=O) groups is 1. The minimum absolute atomic E-state index is 0.146. The van der Waals surface area contributed by atoms with Gasteiger partial charge in [-0.2, -0.15) is 0 Å². The van der Waals surface area contributed by atoms with Crippen LogP contribution in [-0.2, 0) is 4.79 Å². The molecule has 0 N–H and O–H groups in total. The van der Waals surface area contributed by atoms with E-state index in [1.54, 1.807) is 6.92 Å². The Hall–Kier alpha value is -2.59. The van der Waals surface area contributed by atoms with Crippen molar-refractivity contribution < 1.29 is 4.79 Å². The minimum Gasteiger partial charge on any atom is -0.280 e. The molecule has 0 saturated heterocycles. The van der Waals surface area contributed by atoms with E-state index in [1.165, 1.54) is 0 Å². The van der Waals surface area contributed by atoms with E-state index in [0.29, 0.717) is 5.57 Å². The molecule has 0 fully saturated rings. The summed E-state index contributed by atoms with van der Waals surface area (Å²) in [6.45, 7) is 1.79. The fourth-order valence-electron chi connectivity index (χ4n) is 1.61. The standard InChI is InChI=1S/C18H14O/c1-15(14-17-10-6-3-7-11-17)18(19)13-12-16-8-4-2-5-9-16/h2-11,14H,1H3/b15-14+. The van der Waals surface area contributed by atoms with Crippen LogP contribution in [0.25, 0.3) is 6.08 Å². The lowest BCUT2D eigenvalue weighted by Gasteiger charge is -1.95. The van der Waals surface area contributed by atoms with Gasteiger partial charge in [0.2, 0.25) is 5.78 Å². The van der Waals surface area contributed by atoms with Crippen molar-refractivity contribution in [2.75, 3.05) is 0 Å². The molecule has 0 spiro atoms. The average molecular weight is 246 g/mol. The SMILES string of the molecule is C/C(=C\c1ccccc1)C(=O)C#Cc1ccccc1. The van der Waals surface area contributed by atoms with Gasteiger partial charge in [0.05, 0.1) is 0 Å². The van der Waals surface area contributed by atoms with Gasteiger partial charge >= 0.3 is 0 Å². The second-order valence-electron chi connectivity index (χ2n) is 4.18. The average Bonchev–Trinajstić information content (AvgIpc) is 2.47. The monoisotopic (exact) mass is 246 g/mol. The number of ketones is 1. The van der Waals surface area contributed by atoms with Crippen molar-refractivity contribution >= 4 is 11.9 Å². The van der Waals surface area contributed by atoms with Gasteiger partial charge in [0.25, 0.3) is 0 Å². The summed E-state index contributed by atoms with van der Waals surface area (Å²) < 4.78 is 0. The summed E-state index contributed by atoms with van der Waals surface area (Å²) in [5.41, 5.74) is 2.51. The van der Waals surface area contributed by atoms with E-state index in [9.17, 15) is 4.79 Å². The first kappa shape index (κ1) is 12.9. The Morgan fingerprint density at radius 3 is 2.16 bits per heavy atom. The van der Waals surface area contributed by atoms with E-state index in [0.717, 1.165) is 11.1 Å². The van der Waals surface area contributed by atoms with Crippen LogP contribution >= 0.6 is 0 Å². The highest BCUT2D eigenvalue weighted by Crippen LogP contribution is 2.06. The van der Waals surface area contributed by atoms with Gasteiger partial charge < -0.3 is 0 Å². The van der Waals surface area contributed by atoms with Crippen molar-refractivity contribution in [3.63, 3.8) is 0 Å².